The molecule has 166 valence electrons. The lowest BCUT2D eigenvalue weighted by atomic mass is 9.95. The fraction of sp³-hybridized carbons (Fsp3) is 0.905. The molecule has 1 aliphatic rings. The van der Waals surface area contributed by atoms with Gasteiger partial charge in [-0.1, -0.05) is 19.3 Å². The predicted octanol–water partition coefficient (Wildman–Crippen LogP) is 3.51. The van der Waals surface area contributed by atoms with E-state index in [-0.39, 0.29) is 29.9 Å². The van der Waals surface area contributed by atoms with Crippen LogP contribution in [0.3, 0.4) is 0 Å². The van der Waals surface area contributed by atoms with Crippen molar-refractivity contribution in [2.45, 2.75) is 97.7 Å². The largest absolute Gasteiger partial charge is 0.357 e. The Morgan fingerprint density at radius 1 is 1.07 bits per heavy atom. The van der Waals surface area contributed by atoms with E-state index in [9.17, 15) is 4.79 Å². The van der Waals surface area contributed by atoms with Gasteiger partial charge in [0.15, 0.2) is 5.96 Å². The van der Waals surface area contributed by atoms with Gasteiger partial charge in [-0.15, -0.1) is 24.0 Å². The number of carbonyl (C=O) groups is 1. The number of rotatable bonds is 11. The predicted molar refractivity (Wildman–Crippen MR) is 131 cm³/mol. The van der Waals surface area contributed by atoms with Crippen molar-refractivity contribution in [1.29, 1.82) is 0 Å². The van der Waals surface area contributed by atoms with Crippen LogP contribution in [0.4, 0.5) is 0 Å². The number of guanidine groups is 1. The van der Waals surface area contributed by atoms with E-state index < -0.39 is 0 Å². The van der Waals surface area contributed by atoms with E-state index >= 15 is 0 Å². The molecule has 0 saturated heterocycles. The summed E-state index contributed by atoms with van der Waals surface area (Å²) in [5, 5.41) is 9.72. The van der Waals surface area contributed by atoms with Crippen molar-refractivity contribution < 1.29 is 4.79 Å². The summed E-state index contributed by atoms with van der Waals surface area (Å²) in [6.07, 6.45) is 7.59. The molecule has 0 aromatic carbocycles. The van der Waals surface area contributed by atoms with E-state index in [1.807, 2.05) is 0 Å². The topological polar surface area (TPSA) is 68.8 Å². The molecule has 1 amide bonds. The number of amides is 1. The Morgan fingerprint density at radius 3 is 2.29 bits per heavy atom. The molecular formula is C21H44IN5O. The van der Waals surface area contributed by atoms with Gasteiger partial charge < -0.3 is 16.0 Å². The van der Waals surface area contributed by atoms with Gasteiger partial charge in [0, 0.05) is 50.7 Å². The summed E-state index contributed by atoms with van der Waals surface area (Å²) in [5.74, 6) is 0.957. The third-order valence-electron chi connectivity index (χ3n) is 5.13. The molecule has 0 aliphatic heterocycles. The maximum atomic E-state index is 12.1. The molecule has 0 heterocycles. The van der Waals surface area contributed by atoms with Crippen LogP contribution in [0.2, 0.25) is 0 Å². The summed E-state index contributed by atoms with van der Waals surface area (Å²) in [6.45, 7) is 14.3. The lowest BCUT2D eigenvalue weighted by Gasteiger charge is -2.30. The number of aliphatic imine (C=N–C) groups is 1. The fourth-order valence-corrected chi connectivity index (χ4v) is 3.74. The van der Waals surface area contributed by atoms with Crippen LogP contribution in [0.1, 0.15) is 79.6 Å². The van der Waals surface area contributed by atoms with Gasteiger partial charge in [-0.3, -0.25) is 14.7 Å². The average molecular weight is 510 g/mol. The minimum absolute atomic E-state index is 0. The first kappa shape index (κ1) is 27.4. The molecule has 1 fully saturated rings. The second kappa shape index (κ2) is 16.3. The zero-order valence-electron chi connectivity index (χ0n) is 18.7. The van der Waals surface area contributed by atoms with Crippen LogP contribution >= 0.6 is 24.0 Å². The first-order chi connectivity index (χ1) is 12.9. The summed E-state index contributed by atoms with van der Waals surface area (Å²) >= 11 is 0. The van der Waals surface area contributed by atoms with E-state index in [2.05, 4.69) is 60.5 Å². The van der Waals surface area contributed by atoms with Gasteiger partial charge in [-0.2, -0.15) is 0 Å². The van der Waals surface area contributed by atoms with Crippen LogP contribution in [-0.4, -0.2) is 61.1 Å². The summed E-state index contributed by atoms with van der Waals surface area (Å²) in [5.41, 5.74) is 0. The van der Waals surface area contributed by atoms with E-state index in [0.717, 1.165) is 44.9 Å². The zero-order chi connectivity index (χ0) is 20.1. The highest BCUT2D eigenvalue weighted by Crippen LogP contribution is 2.17. The third-order valence-corrected chi connectivity index (χ3v) is 5.13. The van der Waals surface area contributed by atoms with Crippen LogP contribution in [-0.2, 0) is 4.79 Å². The molecule has 3 N–H and O–H groups in total. The number of nitrogens with one attached hydrogen (secondary N) is 3. The molecule has 1 aliphatic carbocycles. The van der Waals surface area contributed by atoms with Crippen LogP contribution in [0.5, 0.6) is 0 Å². The summed E-state index contributed by atoms with van der Waals surface area (Å²) < 4.78 is 0. The lowest BCUT2D eigenvalue weighted by molar-refractivity contribution is -0.121. The molecule has 0 aromatic heterocycles. The molecule has 0 atom stereocenters. The average Bonchev–Trinajstić information content (AvgIpc) is 2.61. The monoisotopic (exact) mass is 509 g/mol. The highest BCUT2D eigenvalue weighted by molar-refractivity contribution is 14.0. The van der Waals surface area contributed by atoms with Crippen molar-refractivity contribution in [1.82, 2.24) is 20.9 Å². The molecule has 0 spiro atoms. The number of nitrogens with zero attached hydrogens (tertiary/aromatic N) is 2. The Hall–Kier alpha value is -0.570. The quantitative estimate of drug-likeness (QED) is 0.173. The number of carbonyl (C=O) groups excluding carboxylic acids is 1. The normalized spacial score (nSPS) is 15.6. The molecule has 7 heteroatoms. The first-order valence-electron chi connectivity index (χ1n) is 11.0. The number of halogens is 1. The number of hydrogen-bond acceptors (Lipinski definition) is 3. The molecule has 0 radical (unpaired) electrons. The maximum absolute atomic E-state index is 12.1. The SMILES string of the molecule is CCNC(=NCCCN(C(C)C)C(C)C)NCCC(=O)NC1CCCCC1.I. The Balaban J connectivity index is 0.00000729. The van der Waals surface area contributed by atoms with Gasteiger partial charge in [-0.25, -0.2) is 0 Å². The van der Waals surface area contributed by atoms with Crippen molar-refractivity contribution in [3.05, 3.63) is 0 Å². The van der Waals surface area contributed by atoms with Gasteiger partial charge in [0.2, 0.25) is 5.91 Å². The summed E-state index contributed by atoms with van der Waals surface area (Å²) in [4.78, 5) is 19.2. The molecule has 1 rings (SSSR count). The standard InChI is InChI=1S/C21H43N5O.HI/c1-6-22-21(23-14-10-16-26(17(2)3)18(4)5)24-15-13-20(27)25-19-11-8-7-9-12-19;/h17-19H,6-16H2,1-5H3,(H,25,27)(H2,22,23,24);1H. The fourth-order valence-electron chi connectivity index (χ4n) is 3.74. The molecule has 28 heavy (non-hydrogen) atoms. The Morgan fingerprint density at radius 2 is 1.71 bits per heavy atom. The van der Waals surface area contributed by atoms with Gasteiger partial charge in [-0.05, 0) is 53.9 Å². The van der Waals surface area contributed by atoms with Crippen molar-refractivity contribution in [2.75, 3.05) is 26.2 Å². The zero-order valence-corrected chi connectivity index (χ0v) is 21.1. The molecule has 1 saturated carbocycles. The Bertz CT molecular complexity index is 429. The van der Waals surface area contributed by atoms with Crippen LogP contribution in [0.15, 0.2) is 4.99 Å². The second-order valence-corrected chi connectivity index (χ2v) is 8.12. The van der Waals surface area contributed by atoms with Gasteiger partial charge in [0.1, 0.15) is 0 Å². The highest BCUT2D eigenvalue weighted by Gasteiger charge is 2.15. The lowest BCUT2D eigenvalue weighted by Crippen LogP contribution is -2.41. The minimum Gasteiger partial charge on any atom is -0.357 e. The second-order valence-electron chi connectivity index (χ2n) is 8.12. The summed E-state index contributed by atoms with van der Waals surface area (Å²) in [6, 6.07) is 1.50. The molecule has 0 aromatic rings. The van der Waals surface area contributed by atoms with Crippen LogP contribution < -0.4 is 16.0 Å². The Kier molecular flexibility index (Phi) is 15.9. The van der Waals surface area contributed by atoms with Crippen molar-refractivity contribution >= 4 is 35.8 Å². The van der Waals surface area contributed by atoms with E-state index in [1.165, 1.54) is 19.3 Å². The number of hydrogen-bond donors (Lipinski definition) is 3. The van der Waals surface area contributed by atoms with Crippen molar-refractivity contribution in [2.24, 2.45) is 4.99 Å². The first-order valence-corrected chi connectivity index (χ1v) is 11.0. The molecular weight excluding hydrogens is 465 g/mol. The van der Waals surface area contributed by atoms with Crippen molar-refractivity contribution in [3.63, 3.8) is 0 Å². The Labute approximate surface area is 190 Å². The van der Waals surface area contributed by atoms with Gasteiger partial charge >= 0.3 is 0 Å². The van der Waals surface area contributed by atoms with Gasteiger partial charge in [0.05, 0.1) is 0 Å². The van der Waals surface area contributed by atoms with Crippen molar-refractivity contribution in [3.8, 4) is 0 Å². The van der Waals surface area contributed by atoms with E-state index in [0.29, 0.717) is 31.1 Å². The van der Waals surface area contributed by atoms with Crippen LogP contribution in [0.25, 0.3) is 0 Å². The molecule has 6 nitrogen and oxygen atoms in total. The smallest absolute Gasteiger partial charge is 0.221 e. The summed E-state index contributed by atoms with van der Waals surface area (Å²) in [7, 11) is 0. The maximum Gasteiger partial charge on any atom is 0.221 e. The van der Waals surface area contributed by atoms with Crippen LogP contribution in [0, 0.1) is 0 Å². The van der Waals surface area contributed by atoms with E-state index in [1.54, 1.807) is 0 Å². The minimum atomic E-state index is 0. The highest BCUT2D eigenvalue weighted by atomic mass is 127. The molecule has 0 bridgehead atoms. The molecule has 0 unspecified atom stereocenters. The third kappa shape index (κ3) is 12.1. The van der Waals surface area contributed by atoms with Gasteiger partial charge in [0.25, 0.3) is 0 Å². The van der Waals surface area contributed by atoms with E-state index in [4.69, 9.17) is 0 Å².